The van der Waals surface area contributed by atoms with Crippen LogP contribution in [0.1, 0.15) is 19.7 Å². The van der Waals surface area contributed by atoms with Gasteiger partial charge in [0, 0.05) is 12.2 Å². The summed E-state index contributed by atoms with van der Waals surface area (Å²) in [5.74, 6) is 1.51. The largest absolute Gasteiger partial charge is 0.308 e. The van der Waals surface area contributed by atoms with Crippen molar-refractivity contribution in [2.45, 2.75) is 26.4 Å². The van der Waals surface area contributed by atoms with Gasteiger partial charge in [-0.25, -0.2) is 4.98 Å². The van der Waals surface area contributed by atoms with Gasteiger partial charge in [0.05, 0.1) is 6.54 Å². The lowest BCUT2D eigenvalue weighted by Crippen LogP contribution is -2.24. The Morgan fingerprint density at radius 1 is 1.44 bits per heavy atom. The van der Waals surface area contributed by atoms with Crippen LogP contribution in [-0.4, -0.2) is 31.0 Å². The Balaban J connectivity index is 2.19. The normalized spacial score (nSPS) is 10.9. The van der Waals surface area contributed by atoms with E-state index in [0.717, 1.165) is 5.82 Å². The average molecular weight is 218 g/mol. The predicted molar refractivity (Wildman–Crippen MR) is 58.9 cm³/mol. The van der Waals surface area contributed by atoms with E-state index in [1.54, 1.807) is 10.9 Å². The third kappa shape index (κ3) is 2.40. The van der Waals surface area contributed by atoms with Gasteiger partial charge in [-0.3, -0.25) is 0 Å². The average Bonchev–Trinajstić information content (AvgIpc) is 2.75. The van der Waals surface area contributed by atoms with Crippen molar-refractivity contribution in [2.24, 2.45) is 0 Å². The summed E-state index contributed by atoms with van der Waals surface area (Å²) in [7, 11) is 0. The highest BCUT2D eigenvalue weighted by Gasteiger charge is 2.07. The van der Waals surface area contributed by atoms with Crippen molar-refractivity contribution in [3.05, 3.63) is 30.5 Å². The fraction of sp³-hybridized carbons (Fsp3) is 0.400. The molecular formula is C10H14N6. The highest BCUT2D eigenvalue weighted by Crippen LogP contribution is 2.03. The lowest BCUT2D eigenvalue weighted by molar-refractivity contribution is 0.561. The molecule has 0 aliphatic heterocycles. The van der Waals surface area contributed by atoms with E-state index in [4.69, 9.17) is 0 Å². The van der Waals surface area contributed by atoms with Crippen molar-refractivity contribution >= 4 is 0 Å². The predicted octanol–water partition coefficient (Wildman–Crippen LogP) is 0.555. The fourth-order valence-corrected chi connectivity index (χ4v) is 1.28. The molecule has 2 rings (SSSR count). The Bertz CT molecular complexity index is 436. The first-order valence-electron chi connectivity index (χ1n) is 5.17. The van der Waals surface area contributed by atoms with Crippen molar-refractivity contribution in [3.8, 4) is 5.82 Å². The quantitative estimate of drug-likeness (QED) is 0.811. The highest BCUT2D eigenvalue weighted by molar-refractivity contribution is 5.18. The maximum atomic E-state index is 4.19. The number of rotatable bonds is 4. The molecule has 16 heavy (non-hydrogen) atoms. The van der Waals surface area contributed by atoms with E-state index in [9.17, 15) is 0 Å². The number of hydrogen-bond donors (Lipinski definition) is 1. The molecule has 0 amide bonds. The van der Waals surface area contributed by atoms with Crippen LogP contribution in [0.3, 0.4) is 0 Å². The van der Waals surface area contributed by atoms with Crippen LogP contribution >= 0.6 is 0 Å². The second-order valence-electron chi connectivity index (χ2n) is 3.71. The summed E-state index contributed by atoms with van der Waals surface area (Å²) in [4.78, 5) is 4.19. The van der Waals surface area contributed by atoms with E-state index < -0.39 is 0 Å². The zero-order chi connectivity index (χ0) is 11.4. The number of aromatic nitrogens is 5. The van der Waals surface area contributed by atoms with Crippen LogP contribution in [0.2, 0.25) is 0 Å². The van der Waals surface area contributed by atoms with Gasteiger partial charge >= 0.3 is 0 Å². The molecule has 0 spiro atoms. The Kier molecular flexibility index (Phi) is 3.21. The Morgan fingerprint density at radius 3 is 3.00 bits per heavy atom. The Labute approximate surface area is 93.7 Å². The summed E-state index contributed by atoms with van der Waals surface area (Å²) in [6.07, 6.45) is 3.15. The van der Waals surface area contributed by atoms with Crippen molar-refractivity contribution in [3.63, 3.8) is 0 Å². The van der Waals surface area contributed by atoms with E-state index in [1.165, 1.54) is 6.33 Å². The molecule has 0 saturated heterocycles. The molecule has 0 unspecified atom stereocenters. The van der Waals surface area contributed by atoms with Gasteiger partial charge in [-0.15, -0.1) is 5.10 Å². The molecule has 0 bridgehead atoms. The molecular weight excluding hydrogens is 204 g/mol. The molecule has 1 N–H and O–H groups in total. The molecule has 6 nitrogen and oxygen atoms in total. The fourth-order valence-electron chi connectivity index (χ4n) is 1.28. The first kappa shape index (κ1) is 10.7. The van der Waals surface area contributed by atoms with Gasteiger partial charge in [-0.2, -0.15) is 14.9 Å². The van der Waals surface area contributed by atoms with E-state index in [1.807, 2.05) is 12.1 Å². The van der Waals surface area contributed by atoms with Gasteiger partial charge in [0.25, 0.3) is 0 Å². The highest BCUT2D eigenvalue weighted by atomic mass is 15.4. The summed E-state index contributed by atoms with van der Waals surface area (Å²) in [6, 6.07) is 4.08. The van der Waals surface area contributed by atoms with Crippen LogP contribution < -0.4 is 5.32 Å². The molecule has 0 saturated carbocycles. The Hall–Kier alpha value is -1.82. The van der Waals surface area contributed by atoms with E-state index in [0.29, 0.717) is 18.4 Å². The molecule has 0 radical (unpaired) electrons. The third-order valence-electron chi connectivity index (χ3n) is 2.06. The molecule has 2 aromatic rings. The zero-order valence-corrected chi connectivity index (χ0v) is 9.33. The maximum absolute atomic E-state index is 4.19. The summed E-state index contributed by atoms with van der Waals surface area (Å²) < 4.78 is 1.68. The minimum atomic E-state index is 0.409. The molecule has 0 fully saturated rings. The Morgan fingerprint density at radius 2 is 2.31 bits per heavy atom. The summed E-state index contributed by atoms with van der Waals surface area (Å²) in [5, 5.41) is 15.2. The minimum absolute atomic E-state index is 0.409. The van der Waals surface area contributed by atoms with Gasteiger partial charge < -0.3 is 5.32 Å². The maximum Gasteiger partial charge on any atom is 0.177 e. The minimum Gasteiger partial charge on any atom is -0.308 e. The topological polar surface area (TPSA) is 68.5 Å². The summed E-state index contributed by atoms with van der Waals surface area (Å²) >= 11 is 0. The van der Waals surface area contributed by atoms with Crippen LogP contribution in [0.25, 0.3) is 5.82 Å². The molecule has 6 heteroatoms. The van der Waals surface area contributed by atoms with Crippen molar-refractivity contribution in [2.75, 3.05) is 0 Å². The first-order chi connectivity index (χ1) is 7.77. The van der Waals surface area contributed by atoms with Crippen LogP contribution in [0.4, 0.5) is 0 Å². The molecule has 0 atom stereocenters. The summed E-state index contributed by atoms with van der Waals surface area (Å²) in [6.45, 7) is 4.83. The van der Waals surface area contributed by atoms with Gasteiger partial charge in [-0.05, 0) is 12.1 Å². The first-order valence-corrected chi connectivity index (χ1v) is 5.17. The molecule has 2 aromatic heterocycles. The van der Waals surface area contributed by atoms with Crippen LogP contribution in [0.15, 0.2) is 24.7 Å². The second-order valence-corrected chi connectivity index (χ2v) is 3.71. The monoisotopic (exact) mass is 218 g/mol. The van der Waals surface area contributed by atoms with Crippen LogP contribution in [0.5, 0.6) is 0 Å². The van der Waals surface area contributed by atoms with Crippen molar-refractivity contribution < 1.29 is 0 Å². The van der Waals surface area contributed by atoms with Crippen molar-refractivity contribution in [1.29, 1.82) is 0 Å². The third-order valence-corrected chi connectivity index (χ3v) is 2.06. The van der Waals surface area contributed by atoms with Gasteiger partial charge in [0.15, 0.2) is 5.82 Å². The van der Waals surface area contributed by atoms with Crippen LogP contribution in [0, 0.1) is 0 Å². The SMILES string of the molecule is CC(C)NCc1ncnn1-c1cccnn1. The molecule has 0 aliphatic rings. The number of nitrogens with zero attached hydrogens (tertiary/aromatic N) is 5. The molecule has 0 aliphatic carbocycles. The van der Waals surface area contributed by atoms with Crippen molar-refractivity contribution in [1.82, 2.24) is 30.3 Å². The lowest BCUT2D eigenvalue weighted by atomic mass is 10.4. The lowest BCUT2D eigenvalue weighted by Gasteiger charge is -2.08. The second kappa shape index (κ2) is 4.80. The number of hydrogen-bond acceptors (Lipinski definition) is 5. The van der Waals surface area contributed by atoms with Gasteiger partial charge in [0.1, 0.15) is 12.2 Å². The van der Waals surface area contributed by atoms with Gasteiger partial charge in [0.2, 0.25) is 0 Å². The molecule has 2 heterocycles. The standard InChI is InChI=1S/C10H14N6/c1-8(2)11-6-10-12-7-14-16(10)9-4-3-5-13-15-9/h3-5,7-8,11H,6H2,1-2H3. The van der Waals surface area contributed by atoms with Crippen LogP contribution in [-0.2, 0) is 6.54 Å². The van der Waals surface area contributed by atoms with Gasteiger partial charge in [-0.1, -0.05) is 13.8 Å². The number of nitrogens with one attached hydrogen (secondary N) is 1. The molecule has 0 aromatic carbocycles. The smallest absolute Gasteiger partial charge is 0.177 e. The molecule has 84 valence electrons. The van der Waals surface area contributed by atoms with E-state index >= 15 is 0 Å². The van der Waals surface area contributed by atoms with E-state index in [2.05, 4.69) is 39.4 Å². The zero-order valence-electron chi connectivity index (χ0n) is 9.33. The van der Waals surface area contributed by atoms with E-state index in [-0.39, 0.29) is 0 Å². The summed E-state index contributed by atoms with van der Waals surface area (Å²) in [5.41, 5.74) is 0.